The van der Waals surface area contributed by atoms with Gasteiger partial charge in [-0.25, -0.2) is 0 Å². The zero-order valence-electron chi connectivity index (χ0n) is 15.4. The first-order chi connectivity index (χ1) is 13.9. The summed E-state index contributed by atoms with van der Waals surface area (Å²) in [6.45, 7) is 2.55. The molecule has 3 aromatic carbocycles. The topological polar surface area (TPSA) is 76.8 Å². The molecule has 0 saturated carbocycles. The maximum absolute atomic E-state index is 10.7. The summed E-state index contributed by atoms with van der Waals surface area (Å²) in [5, 5.41) is 14.9. The number of halogens is 2. The SMILES string of the molecule is Cc1ccc(COc2c(Br)cc(/C=N/Nc3ccc([N+](=O)[O-])cc3)cc2I)cc1. The van der Waals surface area contributed by atoms with Crippen molar-refractivity contribution in [2.24, 2.45) is 5.10 Å². The minimum atomic E-state index is -0.436. The molecule has 1 N–H and O–H groups in total. The highest BCUT2D eigenvalue weighted by Crippen LogP contribution is 2.32. The zero-order chi connectivity index (χ0) is 20.8. The third kappa shape index (κ3) is 6.01. The fourth-order valence-electron chi connectivity index (χ4n) is 2.47. The Hall–Kier alpha value is -2.46. The second-order valence-electron chi connectivity index (χ2n) is 6.26. The van der Waals surface area contributed by atoms with E-state index >= 15 is 0 Å². The van der Waals surface area contributed by atoms with E-state index in [1.54, 1.807) is 18.3 Å². The molecule has 0 aliphatic carbocycles. The molecular formula is C21H17BrIN3O3. The molecule has 0 aliphatic heterocycles. The molecule has 8 heteroatoms. The van der Waals surface area contributed by atoms with Crippen molar-refractivity contribution in [2.75, 3.05) is 5.43 Å². The van der Waals surface area contributed by atoms with Crippen LogP contribution < -0.4 is 10.2 Å². The first-order valence-corrected chi connectivity index (χ1v) is 10.5. The van der Waals surface area contributed by atoms with Gasteiger partial charge in [-0.1, -0.05) is 29.8 Å². The molecule has 0 aromatic heterocycles. The molecule has 0 radical (unpaired) electrons. The van der Waals surface area contributed by atoms with Crippen molar-refractivity contribution in [1.29, 1.82) is 0 Å². The van der Waals surface area contributed by atoms with E-state index in [0.29, 0.717) is 12.3 Å². The van der Waals surface area contributed by atoms with Crippen LogP contribution in [0.15, 0.2) is 70.2 Å². The average Bonchev–Trinajstić information content (AvgIpc) is 2.69. The summed E-state index contributed by atoms with van der Waals surface area (Å²) in [7, 11) is 0. The number of hydrogen-bond donors (Lipinski definition) is 1. The standard InChI is InChI=1S/C21H17BrIN3O3/c1-14-2-4-15(5-3-14)13-29-21-19(22)10-16(11-20(21)23)12-24-25-17-6-8-18(9-7-17)26(27)28/h2-12,25H,13H2,1H3/b24-12+. The molecule has 0 amide bonds. The van der Waals surface area contributed by atoms with Crippen molar-refractivity contribution in [3.8, 4) is 5.75 Å². The number of nitro benzene ring substituents is 1. The van der Waals surface area contributed by atoms with Crippen LogP contribution in [-0.4, -0.2) is 11.1 Å². The summed E-state index contributed by atoms with van der Waals surface area (Å²) in [6, 6.07) is 18.2. The highest BCUT2D eigenvalue weighted by atomic mass is 127. The summed E-state index contributed by atoms with van der Waals surface area (Å²) < 4.78 is 7.78. The van der Waals surface area contributed by atoms with Crippen LogP contribution in [0.2, 0.25) is 0 Å². The van der Waals surface area contributed by atoms with Crippen molar-refractivity contribution in [2.45, 2.75) is 13.5 Å². The quantitative estimate of drug-likeness (QED) is 0.158. The third-order valence-electron chi connectivity index (χ3n) is 4.01. The largest absolute Gasteiger partial charge is 0.487 e. The van der Waals surface area contributed by atoms with Crippen LogP contribution >= 0.6 is 38.5 Å². The molecule has 0 heterocycles. The minimum Gasteiger partial charge on any atom is -0.487 e. The summed E-state index contributed by atoms with van der Waals surface area (Å²) in [5.41, 5.74) is 6.78. The monoisotopic (exact) mass is 565 g/mol. The van der Waals surface area contributed by atoms with Crippen LogP contribution in [0.1, 0.15) is 16.7 Å². The highest BCUT2D eigenvalue weighted by Gasteiger charge is 2.09. The Balaban J connectivity index is 1.64. The maximum atomic E-state index is 10.7. The second-order valence-corrected chi connectivity index (χ2v) is 8.28. The lowest BCUT2D eigenvalue weighted by Gasteiger charge is -2.11. The molecule has 0 atom stereocenters. The number of nitro groups is 1. The molecule has 6 nitrogen and oxygen atoms in total. The van der Waals surface area contributed by atoms with Gasteiger partial charge in [-0.05, 0) is 80.8 Å². The summed E-state index contributed by atoms with van der Waals surface area (Å²) in [5.74, 6) is 0.784. The van der Waals surface area contributed by atoms with Crippen LogP contribution in [0.4, 0.5) is 11.4 Å². The second kappa shape index (κ2) is 9.84. The molecule has 0 spiro atoms. The van der Waals surface area contributed by atoms with Gasteiger partial charge in [0, 0.05) is 12.1 Å². The summed E-state index contributed by atoms with van der Waals surface area (Å²) >= 11 is 5.80. The Morgan fingerprint density at radius 2 is 1.86 bits per heavy atom. The van der Waals surface area contributed by atoms with E-state index < -0.39 is 4.92 Å². The average molecular weight is 566 g/mol. The van der Waals surface area contributed by atoms with Crippen LogP contribution in [0.5, 0.6) is 5.75 Å². The first kappa shape index (κ1) is 21.3. The number of non-ortho nitro benzene ring substituents is 1. The van der Waals surface area contributed by atoms with Gasteiger partial charge in [0.1, 0.15) is 12.4 Å². The number of benzene rings is 3. The Bertz CT molecular complexity index is 1020. The molecule has 3 aromatic rings. The van der Waals surface area contributed by atoms with Crippen molar-refractivity contribution in [3.05, 3.63) is 95.5 Å². The van der Waals surface area contributed by atoms with Crippen molar-refractivity contribution < 1.29 is 9.66 Å². The Labute approximate surface area is 190 Å². The molecule has 0 fully saturated rings. The van der Waals surface area contributed by atoms with Gasteiger partial charge in [0.05, 0.1) is 24.9 Å². The van der Waals surface area contributed by atoms with Crippen molar-refractivity contribution in [3.63, 3.8) is 0 Å². The van der Waals surface area contributed by atoms with E-state index in [1.807, 2.05) is 12.1 Å². The number of hydrogen-bond acceptors (Lipinski definition) is 5. The molecule has 0 bridgehead atoms. The lowest BCUT2D eigenvalue weighted by Crippen LogP contribution is -1.99. The van der Waals surface area contributed by atoms with Crippen LogP contribution in [0, 0.1) is 20.6 Å². The van der Waals surface area contributed by atoms with E-state index in [9.17, 15) is 10.1 Å². The predicted octanol–water partition coefficient (Wildman–Crippen LogP) is 6.30. The first-order valence-electron chi connectivity index (χ1n) is 8.63. The third-order valence-corrected chi connectivity index (χ3v) is 5.40. The van der Waals surface area contributed by atoms with Gasteiger partial charge in [-0.3, -0.25) is 15.5 Å². The Kier molecular flexibility index (Phi) is 7.21. The van der Waals surface area contributed by atoms with Crippen LogP contribution in [0.25, 0.3) is 0 Å². The molecule has 0 aliphatic rings. The molecule has 0 unspecified atom stereocenters. The van der Waals surface area contributed by atoms with E-state index in [0.717, 1.165) is 24.9 Å². The van der Waals surface area contributed by atoms with Gasteiger partial charge in [-0.15, -0.1) is 0 Å². The Morgan fingerprint density at radius 3 is 2.48 bits per heavy atom. The molecule has 3 rings (SSSR count). The number of nitrogens with one attached hydrogen (secondary N) is 1. The maximum Gasteiger partial charge on any atom is 0.269 e. The minimum absolute atomic E-state index is 0.0410. The number of hydrazone groups is 1. The van der Waals surface area contributed by atoms with E-state index in [1.165, 1.54) is 17.7 Å². The summed E-state index contributed by atoms with van der Waals surface area (Å²) in [6.07, 6.45) is 1.68. The number of aryl methyl sites for hydroxylation is 1. The number of nitrogens with zero attached hydrogens (tertiary/aromatic N) is 2. The molecule has 29 heavy (non-hydrogen) atoms. The summed E-state index contributed by atoms with van der Waals surface area (Å²) in [4.78, 5) is 10.2. The van der Waals surface area contributed by atoms with Gasteiger partial charge in [0.2, 0.25) is 0 Å². The molecule has 148 valence electrons. The fraction of sp³-hybridized carbons (Fsp3) is 0.0952. The number of ether oxygens (including phenoxy) is 1. The predicted molar refractivity (Wildman–Crippen MR) is 127 cm³/mol. The van der Waals surface area contributed by atoms with E-state index in [4.69, 9.17) is 4.74 Å². The molecular weight excluding hydrogens is 549 g/mol. The van der Waals surface area contributed by atoms with Crippen LogP contribution in [0.3, 0.4) is 0 Å². The number of rotatable bonds is 7. The normalized spacial score (nSPS) is 10.9. The van der Waals surface area contributed by atoms with Crippen LogP contribution in [-0.2, 0) is 6.61 Å². The van der Waals surface area contributed by atoms with E-state index in [-0.39, 0.29) is 5.69 Å². The lowest BCUT2D eigenvalue weighted by atomic mass is 10.2. The van der Waals surface area contributed by atoms with Gasteiger partial charge >= 0.3 is 0 Å². The smallest absolute Gasteiger partial charge is 0.269 e. The molecule has 0 saturated heterocycles. The van der Waals surface area contributed by atoms with Gasteiger partial charge < -0.3 is 4.74 Å². The fourth-order valence-corrected chi connectivity index (χ4v) is 4.24. The Morgan fingerprint density at radius 1 is 1.17 bits per heavy atom. The van der Waals surface area contributed by atoms with Crippen molar-refractivity contribution in [1.82, 2.24) is 0 Å². The van der Waals surface area contributed by atoms with Crippen molar-refractivity contribution >= 4 is 56.1 Å². The zero-order valence-corrected chi connectivity index (χ0v) is 19.2. The highest BCUT2D eigenvalue weighted by molar-refractivity contribution is 14.1. The van der Waals surface area contributed by atoms with Gasteiger partial charge in [-0.2, -0.15) is 5.10 Å². The van der Waals surface area contributed by atoms with Gasteiger partial charge in [0.15, 0.2) is 0 Å². The van der Waals surface area contributed by atoms with E-state index in [2.05, 4.69) is 80.2 Å². The number of anilines is 1. The lowest BCUT2D eigenvalue weighted by molar-refractivity contribution is -0.384. The van der Waals surface area contributed by atoms with Gasteiger partial charge in [0.25, 0.3) is 5.69 Å².